The average Bonchev–Trinajstić information content (AvgIpc) is 3.25. The lowest BCUT2D eigenvalue weighted by Crippen LogP contribution is -2.67. The van der Waals surface area contributed by atoms with Gasteiger partial charge in [-0.25, -0.2) is 4.79 Å². The molecule has 0 fully saturated rings. The zero-order valence-electron chi connectivity index (χ0n) is 19.4. The van der Waals surface area contributed by atoms with Crippen LogP contribution in [0.2, 0.25) is 5.04 Å². The maximum absolute atomic E-state index is 12.1. The van der Waals surface area contributed by atoms with Gasteiger partial charge >= 0.3 is 6.09 Å². The van der Waals surface area contributed by atoms with Crippen LogP contribution in [-0.2, 0) is 4.43 Å². The Hall–Kier alpha value is -3.15. The second kappa shape index (κ2) is 9.38. The van der Waals surface area contributed by atoms with E-state index in [4.69, 9.17) is 4.43 Å². The highest BCUT2D eigenvalue weighted by molar-refractivity contribution is 6.99. The van der Waals surface area contributed by atoms with Crippen molar-refractivity contribution in [3.8, 4) is 0 Å². The van der Waals surface area contributed by atoms with Crippen LogP contribution in [0.5, 0.6) is 0 Å². The van der Waals surface area contributed by atoms with Crippen molar-refractivity contribution in [2.24, 2.45) is 0 Å². The van der Waals surface area contributed by atoms with Crippen LogP contribution in [0.3, 0.4) is 0 Å². The minimum atomic E-state index is -2.73. The maximum atomic E-state index is 12.1. The molecule has 170 valence electrons. The molecule has 1 unspecified atom stereocenters. The Kier molecular flexibility index (Phi) is 6.54. The van der Waals surface area contributed by atoms with Crippen molar-refractivity contribution >= 4 is 30.4 Å². The largest absolute Gasteiger partial charge is 0.465 e. The van der Waals surface area contributed by atoms with E-state index >= 15 is 0 Å². The first kappa shape index (κ1) is 23.0. The third-order valence-electron chi connectivity index (χ3n) is 6.41. The van der Waals surface area contributed by atoms with Gasteiger partial charge in [-0.2, -0.15) is 0 Å². The summed E-state index contributed by atoms with van der Waals surface area (Å²) in [5.41, 5.74) is 2.07. The Balaban J connectivity index is 1.74. The minimum Gasteiger partial charge on any atom is -0.465 e. The highest BCUT2D eigenvalue weighted by Gasteiger charge is 2.50. The van der Waals surface area contributed by atoms with Gasteiger partial charge in [-0.15, -0.1) is 0 Å². The second-order valence-corrected chi connectivity index (χ2v) is 13.8. The molecule has 1 N–H and O–H groups in total. The number of benzene rings is 3. The van der Waals surface area contributed by atoms with Crippen molar-refractivity contribution in [1.29, 1.82) is 0 Å². The summed E-state index contributed by atoms with van der Waals surface area (Å²) in [6.45, 7) is 7.38. The van der Waals surface area contributed by atoms with Crippen molar-refractivity contribution < 1.29 is 14.3 Å². The van der Waals surface area contributed by atoms with Gasteiger partial charge in [0.25, 0.3) is 8.32 Å². The summed E-state index contributed by atoms with van der Waals surface area (Å²) in [5, 5.41) is 12.1. The number of nitrogens with zero attached hydrogens (tertiary/aromatic N) is 1. The zero-order chi connectivity index (χ0) is 23.5. The number of amides is 1. The molecule has 1 aliphatic rings. The molecule has 4 nitrogen and oxygen atoms in total. The smallest absolute Gasteiger partial charge is 0.408 e. The molecule has 3 aromatic carbocycles. The van der Waals surface area contributed by atoms with Crippen LogP contribution in [0, 0.1) is 0 Å². The Morgan fingerprint density at radius 3 is 1.85 bits per heavy atom. The summed E-state index contributed by atoms with van der Waals surface area (Å²) in [5.74, 6) is 0. The molecule has 1 atom stereocenters. The summed E-state index contributed by atoms with van der Waals surface area (Å²) < 4.78 is 7.00. The molecule has 5 heteroatoms. The van der Waals surface area contributed by atoms with Crippen LogP contribution in [0.15, 0.2) is 97.1 Å². The Labute approximate surface area is 197 Å². The third kappa shape index (κ3) is 4.52. The highest BCUT2D eigenvalue weighted by atomic mass is 28.4. The topological polar surface area (TPSA) is 49.8 Å². The van der Waals surface area contributed by atoms with E-state index in [0.29, 0.717) is 13.2 Å². The summed E-state index contributed by atoms with van der Waals surface area (Å²) in [6.07, 6.45) is 1.13. The predicted octanol–water partition coefficient (Wildman–Crippen LogP) is 5.01. The molecule has 33 heavy (non-hydrogen) atoms. The fraction of sp³-hybridized carbons (Fsp3) is 0.250. The lowest BCUT2D eigenvalue weighted by molar-refractivity contribution is 0.128. The quantitative estimate of drug-likeness (QED) is 0.530. The van der Waals surface area contributed by atoms with Gasteiger partial charge < -0.3 is 9.53 Å². The van der Waals surface area contributed by atoms with Gasteiger partial charge in [-0.1, -0.05) is 118 Å². The lowest BCUT2D eigenvalue weighted by Gasteiger charge is -2.43. The molecule has 1 amide bonds. The molecule has 0 saturated carbocycles. The van der Waals surface area contributed by atoms with Gasteiger partial charge in [-0.3, -0.25) is 4.90 Å². The molecular weight excluding hydrogens is 426 g/mol. The molecule has 0 spiro atoms. The summed E-state index contributed by atoms with van der Waals surface area (Å²) in [4.78, 5) is 13.6. The van der Waals surface area contributed by atoms with Crippen molar-refractivity contribution in [3.63, 3.8) is 0 Å². The van der Waals surface area contributed by atoms with Gasteiger partial charge in [0.05, 0.1) is 19.2 Å². The molecule has 1 heterocycles. The molecular formula is C28H31NO3Si. The van der Waals surface area contributed by atoms with Gasteiger partial charge in [-0.05, 0) is 26.5 Å². The molecule has 0 radical (unpaired) electrons. The van der Waals surface area contributed by atoms with Crippen LogP contribution in [0.4, 0.5) is 4.79 Å². The van der Waals surface area contributed by atoms with E-state index in [-0.39, 0.29) is 11.1 Å². The van der Waals surface area contributed by atoms with E-state index in [0.717, 1.165) is 11.1 Å². The van der Waals surface area contributed by atoms with Gasteiger partial charge in [0.2, 0.25) is 0 Å². The SMILES string of the molecule is CC(C)(C)[Si](OCC1C=C(c2ccccc2)CN1C(=O)O)(c1ccccc1)c1ccccc1. The Morgan fingerprint density at radius 2 is 1.39 bits per heavy atom. The summed E-state index contributed by atoms with van der Waals surface area (Å²) in [7, 11) is -2.73. The first-order valence-electron chi connectivity index (χ1n) is 11.3. The highest BCUT2D eigenvalue weighted by Crippen LogP contribution is 2.37. The molecule has 3 aromatic rings. The first-order valence-corrected chi connectivity index (χ1v) is 13.2. The lowest BCUT2D eigenvalue weighted by atomic mass is 10.1. The predicted molar refractivity (Wildman–Crippen MR) is 137 cm³/mol. The average molecular weight is 458 g/mol. The molecule has 0 aliphatic carbocycles. The van der Waals surface area contributed by atoms with E-state index in [2.05, 4.69) is 75.4 Å². The standard InChI is InChI=1S/C28H31NO3Si/c1-28(2,3)33(25-15-9-5-10-16-25,26-17-11-6-12-18-26)32-21-24-19-23(20-29(24)27(30)31)22-13-7-4-8-14-22/h4-19,24H,20-21H2,1-3H3,(H,30,31). The van der Waals surface area contributed by atoms with Crippen molar-refractivity contribution in [3.05, 3.63) is 103 Å². The van der Waals surface area contributed by atoms with Gasteiger partial charge in [0.15, 0.2) is 0 Å². The van der Waals surface area contributed by atoms with E-state index in [9.17, 15) is 9.90 Å². The van der Waals surface area contributed by atoms with Crippen LogP contribution in [0.25, 0.3) is 5.57 Å². The Morgan fingerprint density at radius 1 is 0.909 bits per heavy atom. The number of hydrogen-bond acceptors (Lipinski definition) is 2. The second-order valence-electron chi connectivity index (χ2n) is 9.51. The fourth-order valence-corrected chi connectivity index (χ4v) is 9.41. The minimum absolute atomic E-state index is 0.158. The van der Waals surface area contributed by atoms with Gasteiger partial charge in [0.1, 0.15) is 0 Å². The number of carbonyl (C=O) groups is 1. The fourth-order valence-electron chi connectivity index (χ4n) is 4.83. The molecule has 4 rings (SSSR count). The van der Waals surface area contributed by atoms with E-state index in [1.54, 1.807) is 0 Å². The van der Waals surface area contributed by atoms with Crippen LogP contribution in [-0.4, -0.2) is 43.6 Å². The molecule has 0 aromatic heterocycles. The van der Waals surface area contributed by atoms with E-state index in [1.807, 2.05) is 42.5 Å². The molecule has 1 aliphatic heterocycles. The first-order chi connectivity index (χ1) is 15.8. The van der Waals surface area contributed by atoms with E-state index < -0.39 is 14.4 Å². The summed E-state index contributed by atoms with van der Waals surface area (Å²) >= 11 is 0. The zero-order valence-corrected chi connectivity index (χ0v) is 20.4. The van der Waals surface area contributed by atoms with Crippen LogP contribution < -0.4 is 10.4 Å². The maximum Gasteiger partial charge on any atom is 0.408 e. The monoisotopic (exact) mass is 457 g/mol. The number of rotatable bonds is 6. The summed E-state index contributed by atoms with van der Waals surface area (Å²) in [6, 6.07) is 30.5. The van der Waals surface area contributed by atoms with Crippen molar-refractivity contribution in [2.45, 2.75) is 31.9 Å². The normalized spacial score (nSPS) is 16.5. The van der Waals surface area contributed by atoms with Crippen molar-refractivity contribution in [1.82, 2.24) is 4.90 Å². The number of carboxylic acid groups (broad SMARTS) is 1. The van der Waals surface area contributed by atoms with Crippen LogP contribution >= 0.6 is 0 Å². The van der Waals surface area contributed by atoms with Crippen molar-refractivity contribution in [2.75, 3.05) is 13.2 Å². The molecule has 0 saturated heterocycles. The van der Waals surface area contributed by atoms with Crippen LogP contribution in [0.1, 0.15) is 26.3 Å². The van der Waals surface area contributed by atoms with E-state index in [1.165, 1.54) is 15.3 Å². The third-order valence-corrected chi connectivity index (χ3v) is 11.4. The van der Waals surface area contributed by atoms with Gasteiger partial charge in [0, 0.05) is 0 Å². The Bertz CT molecular complexity index is 1070. The number of hydrogen-bond donors (Lipinski definition) is 1. The molecule has 0 bridgehead atoms.